The van der Waals surface area contributed by atoms with Gasteiger partial charge in [-0.3, -0.25) is 4.79 Å². The first-order valence-electron chi connectivity index (χ1n) is 7.86. The highest BCUT2D eigenvalue weighted by atomic mass is 16.4. The number of hydrogen-bond donors (Lipinski definition) is 1. The van der Waals surface area contributed by atoms with Crippen LogP contribution in [0.25, 0.3) is 0 Å². The van der Waals surface area contributed by atoms with Crippen LogP contribution in [0.2, 0.25) is 0 Å². The van der Waals surface area contributed by atoms with Crippen molar-refractivity contribution in [1.29, 1.82) is 5.26 Å². The van der Waals surface area contributed by atoms with E-state index in [1.165, 1.54) is 25.7 Å². The van der Waals surface area contributed by atoms with Crippen LogP contribution in [0.3, 0.4) is 0 Å². The average molecular weight is 281 g/mol. The standard InChI is InChI=1S/C18H19NO2/c19-10-11-2-1-3-14(5-11)18(9-17(20)21)15-6-12-4-13(8-15)16(18)7-12/h1-3,5,12-13,15-16H,4,6-9H2,(H,20,21). The molecule has 4 fully saturated rings. The summed E-state index contributed by atoms with van der Waals surface area (Å²) in [5, 5.41) is 18.7. The predicted molar refractivity (Wildman–Crippen MR) is 77.5 cm³/mol. The molecule has 5 rings (SSSR count). The molecule has 0 heterocycles. The summed E-state index contributed by atoms with van der Waals surface area (Å²) in [5.41, 5.74) is 1.52. The van der Waals surface area contributed by atoms with E-state index < -0.39 is 5.97 Å². The van der Waals surface area contributed by atoms with Gasteiger partial charge in [0.1, 0.15) is 0 Å². The Bertz CT molecular complexity index is 643. The van der Waals surface area contributed by atoms with Gasteiger partial charge in [0.15, 0.2) is 0 Å². The Labute approximate surface area is 124 Å². The van der Waals surface area contributed by atoms with E-state index in [1.807, 2.05) is 18.2 Å². The quantitative estimate of drug-likeness (QED) is 0.924. The molecule has 1 aromatic rings. The van der Waals surface area contributed by atoms with Gasteiger partial charge < -0.3 is 5.11 Å². The fourth-order valence-corrected chi connectivity index (χ4v) is 5.87. The zero-order valence-corrected chi connectivity index (χ0v) is 12.0. The molecule has 1 N–H and O–H groups in total. The molecule has 1 aromatic carbocycles. The predicted octanol–water partition coefficient (Wildman–Crippen LogP) is 3.34. The number of carboxylic acid groups (broad SMARTS) is 1. The Kier molecular flexibility index (Phi) is 2.66. The number of nitrogens with zero attached hydrogens (tertiary/aromatic N) is 1. The number of rotatable bonds is 3. The molecule has 4 aliphatic rings. The second-order valence-electron chi connectivity index (χ2n) is 7.18. The number of carbonyl (C=O) groups is 1. The highest BCUT2D eigenvalue weighted by Gasteiger charge is 2.63. The van der Waals surface area contributed by atoms with Crippen LogP contribution in [-0.4, -0.2) is 11.1 Å². The zero-order valence-electron chi connectivity index (χ0n) is 12.0. The highest BCUT2D eigenvalue weighted by molar-refractivity contribution is 5.70. The number of carboxylic acids is 1. The van der Waals surface area contributed by atoms with Gasteiger partial charge in [-0.15, -0.1) is 0 Å². The Balaban J connectivity index is 1.85. The monoisotopic (exact) mass is 281 g/mol. The smallest absolute Gasteiger partial charge is 0.304 e. The van der Waals surface area contributed by atoms with E-state index in [0.29, 0.717) is 23.3 Å². The molecule has 5 unspecified atom stereocenters. The molecular weight excluding hydrogens is 262 g/mol. The van der Waals surface area contributed by atoms with Gasteiger partial charge in [0.2, 0.25) is 0 Å². The summed E-state index contributed by atoms with van der Waals surface area (Å²) >= 11 is 0. The zero-order chi connectivity index (χ0) is 14.6. The van der Waals surface area contributed by atoms with Crippen LogP contribution in [0.15, 0.2) is 24.3 Å². The molecule has 0 aromatic heterocycles. The number of aliphatic carboxylic acids is 1. The van der Waals surface area contributed by atoms with Crippen LogP contribution in [0.1, 0.15) is 43.2 Å². The molecule has 5 atom stereocenters. The number of benzene rings is 1. The largest absolute Gasteiger partial charge is 0.481 e. The van der Waals surface area contributed by atoms with Crippen LogP contribution < -0.4 is 0 Å². The van der Waals surface area contributed by atoms with Gasteiger partial charge in [-0.1, -0.05) is 12.1 Å². The van der Waals surface area contributed by atoms with Crippen LogP contribution in [-0.2, 0) is 10.2 Å². The Morgan fingerprint density at radius 3 is 2.90 bits per heavy atom. The minimum atomic E-state index is -0.701. The minimum Gasteiger partial charge on any atom is -0.481 e. The van der Waals surface area contributed by atoms with Gasteiger partial charge in [-0.05, 0) is 67.1 Å². The van der Waals surface area contributed by atoms with E-state index >= 15 is 0 Å². The second-order valence-corrected chi connectivity index (χ2v) is 7.18. The Morgan fingerprint density at radius 2 is 2.19 bits per heavy atom. The van der Waals surface area contributed by atoms with E-state index in [2.05, 4.69) is 12.1 Å². The second kappa shape index (κ2) is 4.34. The highest BCUT2D eigenvalue weighted by Crippen LogP contribution is 2.68. The molecule has 0 spiro atoms. The van der Waals surface area contributed by atoms with E-state index in [1.54, 1.807) is 0 Å². The van der Waals surface area contributed by atoms with Gasteiger partial charge in [-0.25, -0.2) is 0 Å². The molecular formula is C18H19NO2. The summed E-state index contributed by atoms with van der Waals surface area (Å²) in [6, 6.07) is 9.92. The lowest BCUT2D eigenvalue weighted by Crippen LogP contribution is -2.42. The molecule has 21 heavy (non-hydrogen) atoms. The molecule has 3 nitrogen and oxygen atoms in total. The van der Waals surface area contributed by atoms with E-state index in [4.69, 9.17) is 5.26 Å². The number of hydrogen-bond acceptors (Lipinski definition) is 2. The molecule has 0 amide bonds. The maximum absolute atomic E-state index is 11.6. The molecule has 3 heteroatoms. The van der Waals surface area contributed by atoms with Crippen molar-refractivity contribution in [3.8, 4) is 6.07 Å². The first-order valence-corrected chi connectivity index (χ1v) is 7.86. The third-order valence-electron chi connectivity index (χ3n) is 6.36. The summed E-state index contributed by atoms with van der Waals surface area (Å²) in [6.45, 7) is 0. The van der Waals surface area contributed by atoms with Crippen LogP contribution in [0.5, 0.6) is 0 Å². The maximum Gasteiger partial charge on any atom is 0.304 e. The normalized spacial score (nSPS) is 39.4. The summed E-state index contributed by atoms with van der Waals surface area (Å²) in [7, 11) is 0. The van der Waals surface area contributed by atoms with E-state index in [-0.39, 0.29) is 11.8 Å². The topological polar surface area (TPSA) is 61.1 Å². The Morgan fingerprint density at radius 1 is 1.33 bits per heavy atom. The van der Waals surface area contributed by atoms with Crippen LogP contribution in [0, 0.1) is 35.0 Å². The summed E-state index contributed by atoms with van der Waals surface area (Å²) < 4.78 is 0. The van der Waals surface area contributed by atoms with Gasteiger partial charge in [0.05, 0.1) is 18.1 Å². The van der Waals surface area contributed by atoms with E-state index in [0.717, 1.165) is 11.5 Å². The lowest BCUT2D eigenvalue weighted by Gasteiger charge is -2.44. The minimum absolute atomic E-state index is 0.223. The third kappa shape index (κ3) is 1.68. The first-order chi connectivity index (χ1) is 10.1. The molecule has 108 valence electrons. The van der Waals surface area contributed by atoms with E-state index in [9.17, 15) is 9.90 Å². The van der Waals surface area contributed by atoms with Crippen molar-refractivity contribution in [2.75, 3.05) is 0 Å². The summed E-state index contributed by atoms with van der Waals surface area (Å²) in [6.07, 6.45) is 5.06. The maximum atomic E-state index is 11.6. The Hall–Kier alpha value is -1.82. The van der Waals surface area contributed by atoms with Crippen molar-refractivity contribution >= 4 is 5.97 Å². The number of nitriles is 1. The van der Waals surface area contributed by atoms with Crippen molar-refractivity contribution in [3.05, 3.63) is 35.4 Å². The molecule has 4 bridgehead atoms. The summed E-state index contributed by atoms with van der Waals surface area (Å²) in [4.78, 5) is 11.6. The molecule has 4 saturated carbocycles. The SMILES string of the molecule is N#Cc1cccc(C2(CC(=O)O)C3CC4CC(C3)C2C4)c1. The van der Waals surface area contributed by atoms with Crippen LogP contribution >= 0.6 is 0 Å². The first kappa shape index (κ1) is 12.9. The van der Waals surface area contributed by atoms with Gasteiger partial charge in [0.25, 0.3) is 0 Å². The summed E-state index contributed by atoms with van der Waals surface area (Å²) in [5.74, 6) is 1.82. The van der Waals surface area contributed by atoms with Gasteiger partial charge in [0, 0.05) is 5.41 Å². The molecule has 0 saturated heterocycles. The van der Waals surface area contributed by atoms with Crippen molar-refractivity contribution in [1.82, 2.24) is 0 Å². The van der Waals surface area contributed by atoms with Gasteiger partial charge in [-0.2, -0.15) is 5.26 Å². The van der Waals surface area contributed by atoms with Crippen molar-refractivity contribution in [2.24, 2.45) is 23.7 Å². The molecule has 0 radical (unpaired) electrons. The average Bonchev–Trinajstić information content (AvgIpc) is 2.88. The fourth-order valence-electron chi connectivity index (χ4n) is 5.87. The molecule has 0 aliphatic heterocycles. The fraction of sp³-hybridized carbons (Fsp3) is 0.556. The lowest BCUT2D eigenvalue weighted by molar-refractivity contribution is -0.139. The van der Waals surface area contributed by atoms with Gasteiger partial charge >= 0.3 is 5.97 Å². The van der Waals surface area contributed by atoms with Crippen molar-refractivity contribution in [2.45, 2.75) is 37.5 Å². The van der Waals surface area contributed by atoms with Crippen molar-refractivity contribution in [3.63, 3.8) is 0 Å². The van der Waals surface area contributed by atoms with Crippen LogP contribution in [0.4, 0.5) is 0 Å². The third-order valence-corrected chi connectivity index (χ3v) is 6.36. The molecule has 4 aliphatic carbocycles. The lowest BCUT2D eigenvalue weighted by atomic mass is 9.59. The van der Waals surface area contributed by atoms with Crippen molar-refractivity contribution < 1.29 is 9.90 Å².